The Morgan fingerprint density at radius 3 is 2.20 bits per heavy atom. The molecule has 0 saturated carbocycles. The summed E-state index contributed by atoms with van der Waals surface area (Å²) in [5.74, 6) is -0.352. The predicted octanol–water partition coefficient (Wildman–Crippen LogP) is 3.53. The van der Waals surface area contributed by atoms with Gasteiger partial charge in [0.05, 0.1) is 11.4 Å². The van der Waals surface area contributed by atoms with Crippen molar-refractivity contribution in [3.8, 4) is 0 Å². The Balaban J connectivity index is 0.000000921. The summed E-state index contributed by atoms with van der Waals surface area (Å²) in [4.78, 5) is 1.62. The highest BCUT2D eigenvalue weighted by Gasteiger charge is 2.03. The van der Waals surface area contributed by atoms with Crippen LogP contribution >= 0.6 is 0 Å². The summed E-state index contributed by atoms with van der Waals surface area (Å²) in [5.41, 5.74) is 6.63. The molecule has 0 aliphatic rings. The number of nitrogens with zero attached hydrogens (tertiary/aromatic N) is 1. The largest absolute Gasteiger partial charge is 0.397 e. The number of anilines is 2. The second kappa shape index (κ2) is 6.65. The Labute approximate surface area is 90.5 Å². The number of benzene rings is 1. The predicted molar refractivity (Wildman–Crippen MR) is 65.0 cm³/mol. The van der Waals surface area contributed by atoms with Gasteiger partial charge in [-0.05, 0) is 18.2 Å². The molecule has 0 spiro atoms. The zero-order valence-electron chi connectivity index (χ0n) is 9.20. The van der Waals surface area contributed by atoms with Crippen molar-refractivity contribution in [1.82, 2.24) is 0 Å². The van der Waals surface area contributed by atoms with Crippen molar-refractivity contribution in [3.05, 3.63) is 49.6 Å². The molecular weight excluding hydrogens is 191 g/mol. The summed E-state index contributed by atoms with van der Waals surface area (Å²) in [6.45, 7) is 11.2. The maximum Gasteiger partial charge on any atom is 0.125 e. The standard InChI is InChI=1S/C10H11FN2.C2H6/c1-3-13(4-2)10-6-5-8(11)7-9(10)12;1-2/h3-7H,1-2,12H2;1-2H3. The summed E-state index contributed by atoms with van der Waals surface area (Å²) in [5, 5.41) is 0. The molecule has 0 heterocycles. The maximum atomic E-state index is 12.7. The number of rotatable bonds is 3. The summed E-state index contributed by atoms with van der Waals surface area (Å²) in [6, 6.07) is 4.18. The van der Waals surface area contributed by atoms with Crippen LogP contribution in [0.2, 0.25) is 0 Å². The van der Waals surface area contributed by atoms with Gasteiger partial charge in [0.15, 0.2) is 0 Å². The van der Waals surface area contributed by atoms with Gasteiger partial charge in [0.1, 0.15) is 5.82 Å². The average Bonchev–Trinajstić information content (AvgIpc) is 2.25. The fourth-order valence-corrected chi connectivity index (χ4v) is 1.03. The maximum absolute atomic E-state index is 12.7. The zero-order valence-corrected chi connectivity index (χ0v) is 9.20. The molecule has 0 saturated heterocycles. The second-order valence-electron chi connectivity index (χ2n) is 2.48. The normalized spacial score (nSPS) is 8.47. The number of nitrogens with two attached hydrogens (primary N) is 1. The molecule has 0 atom stereocenters. The van der Waals surface area contributed by atoms with E-state index < -0.39 is 0 Å². The molecule has 1 rings (SSSR count). The van der Waals surface area contributed by atoms with E-state index in [-0.39, 0.29) is 5.82 Å². The third-order valence-electron chi connectivity index (χ3n) is 1.66. The van der Waals surface area contributed by atoms with Gasteiger partial charge in [-0.15, -0.1) is 0 Å². The smallest absolute Gasteiger partial charge is 0.125 e. The van der Waals surface area contributed by atoms with E-state index in [4.69, 9.17) is 5.73 Å². The summed E-state index contributed by atoms with van der Waals surface area (Å²) in [7, 11) is 0. The lowest BCUT2D eigenvalue weighted by Gasteiger charge is -2.16. The molecule has 0 fully saturated rings. The van der Waals surface area contributed by atoms with Crippen LogP contribution in [0.5, 0.6) is 0 Å². The third-order valence-corrected chi connectivity index (χ3v) is 1.66. The van der Waals surface area contributed by atoms with Crippen LogP contribution in [-0.4, -0.2) is 0 Å². The van der Waals surface area contributed by atoms with Crippen molar-refractivity contribution in [2.45, 2.75) is 13.8 Å². The first-order valence-corrected chi connectivity index (χ1v) is 4.77. The van der Waals surface area contributed by atoms with Crippen molar-refractivity contribution in [2.24, 2.45) is 0 Å². The number of nitrogen functional groups attached to an aromatic ring is 1. The van der Waals surface area contributed by atoms with Gasteiger partial charge in [0.2, 0.25) is 0 Å². The van der Waals surface area contributed by atoms with Gasteiger partial charge in [0.25, 0.3) is 0 Å². The number of halogens is 1. The molecule has 0 unspecified atom stereocenters. The Kier molecular flexibility index (Phi) is 5.86. The highest BCUT2D eigenvalue weighted by Crippen LogP contribution is 2.23. The minimum absolute atomic E-state index is 0.352. The quantitative estimate of drug-likeness (QED) is 0.770. The first-order valence-electron chi connectivity index (χ1n) is 4.77. The van der Waals surface area contributed by atoms with Crippen LogP contribution in [0.1, 0.15) is 13.8 Å². The van der Waals surface area contributed by atoms with E-state index in [2.05, 4.69) is 13.2 Å². The molecule has 0 aromatic heterocycles. The Hall–Kier alpha value is -1.77. The van der Waals surface area contributed by atoms with E-state index >= 15 is 0 Å². The molecule has 0 radical (unpaired) electrons. The molecule has 0 bridgehead atoms. The summed E-state index contributed by atoms with van der Waals surface area (Å²) in [6.07, 6.45) is 3.10. The number of hydrogen-bond acceptors (Lipinski definition) is 2. The fraction of sp³-hybridized carbons (Fsp3) is 0.167. The van der Waals surface area contributed by atoms with Crippen LogP contribution in [-0.2, 0) is 0 Å². The van der Waals surface area contributed by atoms with Gasteiger partial charge in [-0.2, -0.15) is 0 Å². The highest BCUT2D eigenvalue weighted by molar-refractivity contribution is 5.69. The Morgan fingerprint density at radius 1 is 1.27 bits per heavy atom. The lowest BCUT2D eigenvalue weighted by Crippen LogP contribution is -2.08. The van der Waals surface area contributed by atoms with E-state index in [1.54, 1.807) is 23.4 Å². The van der Waals surface area contributed by atoms with Crippen LogP contribution in [0.15, 0.2) is 43.8 Å². The van der Waals surface area contributed by atoms with Crippen molar-refractivity contribution in [2.75, 3.05) is 10.6 Å². The van der Waals surface area contributed by atoms with E-state index in [1.807, 2.05) is 13.8 Å². The zero-order chi connectivity index (χ0) is 11.8. The van der Waals surface area contributed by atoms with E-state index in [0.29, 0.717) is 11.4 Å². The molecule has 0 aliphatic carbocycles. The SMILES string of the molecule is C=CN(C=C)c1ccc(F)cc1N.CC. The van der Waals surface area contributed by atoms with E-state index in [0.717, 1.165) is 0 Å². The molecule has 82 valence electrons. The van der Waals surface area contributed by atoms with Crippen LogP contribution in [0, 0.1) is 5.82 Å². The molecule has 2 nitrogen and oxygen atoms in total. The molecule has 0 aliphatic heterocycles. The minimum Gasteiger partial charge on any atom is -0.397 e. The lowest BCUT2D eigenvalue weighted by atomic mass is 10.2. The van der Waals surface area contributed by atoms with Crippen molar-refractivity contribution < 1.29 is 4.39 Å². The third kappa shape index (κ3) is 3.46. The van der Waals surface area contributed by atoms with Gasteiger partial charge in [0, 0.05) is 12.4 Å². The van der Waals surface area contributed by atoms with Crippen molar-refractivity contribution >= 4 is 11.4 Å². The second-order valence-corrected chi connectivity index (χ2v) is 2.48. The number of hydrogen-bond donors (Lipinski definition) is 1. The van der Waals surface area contributed by atoms with Crippen LogP contribution in [0.4, 0.5) is 15.8 Å². The van der Waals surface area contributed by atoms with Crippen molar-refractivity contribution in [3.63, 3.8) is 0 Å². The first kappa shape index (κ1) is 13.2. The van der Waals surface area contributed by atoms with Gasteiger partial charge in [-0.25, -0.2) is 4.39 Å². The molecule has 15 heavy (non-hydrogen) atoms. The molecule has 2 N–H and O–H groups in total. The van der Waals surface area contributed by atoms with Crippen molar-refractivity contribution in [1.29, 1.82) is 0 Å². The Morgan fingerprint density at radius 2 is 1.80 bits per heavy atom. The monoisotopic (exact) mass is 208 g/mol. The first-order chi connectivity index (χ1) is 7.19. The Bertz CT molecular complexity index is 326. The van der Waals surface area contributed by atoms with Gasteiger partial charge in [-0.1, -0.05) is 27.0 Å². The molecule has 1 aromatic carbocycles. The van der Waals surface area contributed by atoms with E-state index in [1.165, 1.54) is 12.1 Å². The fourth-order valence-electron chi connectivity index (χ4n) is 1.03. The topological polar surface area (TPSA) is 29.3 Å². The lowest BCUT2D eigenvalue weighted by molar-refractivity contribution is 0.628. The van der Waals surface area contributed by atoms with Crippen LogP contribution in [0.3, 0.4) is 0 Å². The van der Waals surface area contributed by atoms with Crippen LogP contribution < -0.4 is 10.6 Å². The summed E-state index contributed by atoms with van der Waals surface area (Å²) >= 11 is 0. The summed E-state index contributed by atoms with van der Waals surface area (Å²) < 4.78 is 12.7. The van der Waals surface area contributed by atoms with Gasteiger partial charge < -0.3 is 10.6 Å². The highest BCUT2D eigenvalue weighted by atomic mass is 19.1. The van der Waals surface area contributed by atoms with Gasteiger partial charge in [-0.3, -0.25) is 0 Å². The van der Waals surface area contributed by atoms with Crippen LogP contribution in [0.25, 0.3) is 0 Å². The molecule has 0 amide bonds. The molecular formula is C12H17FN2. The minimum atomic E-state index is -0.352. The average molecular weight is 208 g/mol. The van der Waals surface area contributed by atoms with E-state index in [9.17, 15) is 4.39 Å². The van der Waals surface area contributed by atoms with Gasteiger partial charge >= 0.3 is 0 Å². The molecule has 3 heteroatoms. The molecule has 1 aromatic rings.